The van der Waals surface area contributed by atoms with Crippen LogP contribution in [0.4, 0.5) is 8.78 Å². The second-order valence-corrected chi connectivity index (χ2v) is 3.95. The molecule has 0 aliphatic heterocycles. The molecular formula is C14H11F2NO2. The van der Waals surface area contributed by atoms with E-state index in [-0.39, 0.29) is 11.3 Å². The highest BCUT2D eigenvalue weighted by Crippen LogP contribution is 2.24. The number of carbonyl (C=O) groups is 1. The topological polar surface area (TPSA) is 39.2 Å². The highest BCUT2D eigenvalue weighted by Gasteiger charge is 2.17. The molecule has 0 aliphatic rings. The minimum Gasteiger partial charge on any atom is -0.434 e. The van der Waals surface area contributed by atoms with Gasteiger partial charge < -0.3 is 4.74 Å². The molecule has 98 valence electrons. The molecule has 0 amide bonds. The lowest BCUT2D eigenvalue weighted by atomic mass is 10.0. The smallest absolute Gasteiger partial charge is 0.387 e. The Labute approximate surface area is 108 Å². The molecule has 0 N–H and O–H groups in total. The van der Waals surface area contributed by atoms with Gasteiger partial charge in [0.05, 0.1) is 5.56 Å². The monoisotopic (exact) mass is 263 g/mol. The molecular weight excluding hydrogens is 252 g/mol. The summed E-state index contributed by atoms with van der Waals surface area (Å²) in [5.74, 6) is -0.521. The normalized spacial score (nSPS) is 10.5. The molecule has 1 heterocycles. The summed E-state index contributed by atoms with van der Waals surface area (Å²) in [7, 11) is 0. The van der Waals surface area contributed by atoms with Crippen molar-refractivity contribution in [3.05, 3.63) is 59.4 Å². The first-order valence-corrected chi connectivity index (χ1v) is 5.58. The van der Waals surface area contributed by atoms with Crippen molar-refractivity contribution in [2.45, 2.75) is 13.5 Å². The maximum Gasteiger partial charge on any atom is 0.387 e. The Morgan fingerprint density at radius 1 is 1.32 bits per heavy atom. The molecule has 0 unspecified atom stereocenters. The summed E-state index contributed by atoms with van der Waals surface area (Å²) in [6, 6.07) is 7.73. The van der Waals surface area contributed by atoms with E-state index in [4.69, 9.17) is 0 Å². The summed E-state index contributed by atoms with van der Waals surface area (Å²) in [4.78, 5) is 16.0. The van der Waals surface area contributed by atoms with Gasteiger partial charge in [0, 0.05) is 18.0 Å². The third-order valence-corrected chi connectivity index (χ3v) is 2.52. The second kappa shape index (κ2) is 5.56. The first-order chi connectivity index (χ1) is 9.08. The van der Waals surface area contributed by atoms with Crippen molar-refractivity contribution in [3.8, 4) is 5.75 Å². The van der Waals surface area contributed by atoms with Gasteiger partial charge in [-0.3, -0.25) is 9.78 Å². The van der Waals surface area contributed by atoms with Crippen molar-refractivity contribution in [1.82, 2.24) is 4.98 Å². The van der Waals surface area contributed by atoms with Crippen LogP contribution in [0.3, 0.4) is 0 Å². The standard InChI is InChI=1S/C14H11F2NO2/c1-9-4-5-11(12(7-9)19-14(15)16)13(18)10-3-2-6-17-8-10/h2-8,14H,1H3. The third-order valence-electron chi connectivity index (χ3n) is 2.52. The predicted octanol–water partition coefficient (Wildman–Crippen LogP) is 3.22. The molecule has 0 bridgehead atoms. The number of pyridine rings is 1. The highest BCUT2D eigenvalue weighted by molar-refractivity contribution is 6.10. The van der Waals surface area contributed by atoms with Crippen LogP contribution in [0.25, 0.3) is 0 Å². The van der Waals surface area contributed by atoms with Gasteiger partial charge in [-0.15, -0.1) is 0 Å². The molecule has 0 spiro atoms. The summed E-state index contributed by atoms with van der Waals surface area (Å²) >= 11 is 0. The van der Waals surface area contributed by atoms with Gasteiger partial charge in [0.2, 0.25) is 0 Å². The molecule has 19 heavy (non-hydrogen) atoms. The zero-order chi connectivity index (χ0) is 13.8. The summed E-state index contributed by atoms with van der Waals surface area (Å²) in [6.45, 7) is -1.24. The zero-order valence-electron chi connectivity index (χ0n) is 10.1. The maximum absolute atomic E-state index is 12.4. The number of benzene rings is 1. The van der Waals surface area contributed by atoms with Gasteiger partial charge in [0.1, 0.15) is 5.75 Å². The van der Waals surface area contributed by atoms with Crippen LogP contribution < -0.4 is 4.74 Å². The number of ether oxygens (including phenoxy) is 1. The lowest BCUT2D eigenvalue weighted by molar-refractivity contribution is -0.0501. The lowest BCUT2D eigenvalue weighted by Gasteiger charge is -2.10. The van der Waals surface area contributed by atoms with E-state index in [1.807, 2.05) is 0 Å². The Hall–Kier alpha value is -2.30. The molecule has 5 heteroatoms. The van der Waals surface area contributed by atoms with Gasteiger partial charge >= 0.3 is 6.61 Å². The Balaban J connectivity index is 2.41. The van der Waals surface area contributed by atoms with Gasteiger partial charge in [-0.25, -0.2) is 0 Å². The van der Waals surface area contributed by atoms with Crippen molar-refractivity contribution in [2.75, 3.05) is 0 Å². The maximum atomic E-state index is 12.4. The van der Waals surface area contributed by atoms with Crippen molar-refractivity contribution in [1.29, 1.82) is 0 Å². The van der Waals surface area contributed by atoms with Gasteiger partial charge in [-0.1, -0.05) is 6.07 Å². The molecule has 2 aromatic rings. The van der Waals surface area contributed by atoms with Crippen LogP contribution in [0.15, 0.2) is 42.7 Å². The average Bonchev–Trinajstić information content (AvgIpc) is 2.38. The number of alkyl halides is 2. The first kappa shape index (κ1) is 13.1. The number of hydrogen-bond donors (Lipinski definition) is 0. The number of ketones is 1. The molecule has 0 fully saturated rings. The molecule has 0 radical (unpaired) electrons. The van der Waals surface area contributed by atoms with Crippen LogP contribution in [0, 0.1) is 6.92 Å². The fraction of sp³-hybridized carbons (Fsp3) is 0.143. The Morgan fingerprint density at radius 3 is 2.74 bits per heavy atom. The Bertz CT molecular complexity index is 585. The quantitative estimate of drug-likeness (QED) is 0.795. The molecule has 1 aromatic carbocycles. The minimum absolute atomic E-state index is 0.0962. The van der Waals surface area contributed by atoms with Crippen LogP contribution in [0.5, 0.6) is 5.75 Å². The van der Waals surface area contributed by atoms with Gasteiger partial charge in [0.25, 0.3) is 0 Å². The number of nitrogens with zero attached hydrogens (tertiary/aromatic N) is 1. The molecule has 0 atom stereocenters. The van der Waals surface area contributed by atoms with E-state index in [1.54, 1.807) is 25.1 Å². The number of rotatable bonds is 4. The number of aryl methyl sites for hydroxylation is 1. The third kappa shape index (κ3) is 3.13. The zero-order valence-corrected chi connectivity index (χ0v) is 10.1. The van der Waals surface area contributed by atoms with E-state index in [0.29, 0.717) is 5.56 Å². The van der Waals surface area contributed by atoms with E-state index in [0.717, 1.165) is 5.56 Å². The Kier molecular flexibility index (Phi) is 3.85. The average molecular weight is 263 g/mol. The molecule has 0 aliphatic carbocycles. The SMILES string of the molecule is Cc1ccc(C(=O)c2cccnc2)c(OC(F)F)c1. The second-order valence-electron chi connectivity index (χ2n) is 3.95. The number of carbonyl (C=O) groups excluding carboxylic acids is 1. The van der Waals surface area contributed by atoms with Crippen molar-refractivity contribution in [3.63, 3.8) is 0 Å². The van der Waals surface area contributed by atoms with E-state index >= 15 is 0 Å². The molecule has 2 rings (SSSR count). The number of aromatic nitrogens is 1. The van der Waals surface area contributed by atoms with Crippen LogP contribution in [-0.4, -0.2) is 17.4 Å². The molecule has 0 saturated carbocycles. The van der Waals surface area contributed by atoms with Crippen LogP contribution >= 0.6 is 0 Å². The number of halogens is 2. The molecule has 3 nitrogen and oxygen atoms in total. The summed E-state index contributed by atoms with van der Waals surface area (Å²) in [5.41, 5.74) is 1.16. The summed E-state index contributed by atoms with van der Waals surface area (Å²) in [5, 5.41) is 0. The summed E-state index contributed by atoms with van der Waals surface area (Å²) in [6.07, 6.45) is 2.91. The van der Waals surface area contributed by atoms with E-state index in [1.165, 1.54) is 24.5 Å². The fourth-order valence-electron chi connectivity index (χ4n) is 1.66. The fourth-order valence-corrected chi connectivity index (χ4v) is 1.66. The van der Waals surface area contributed by atoms with Gasteiger partial charge in [-0.2, -0.15) is 8.78 Å². The van der Waals surface area contributed by atoms with Crippen molar-refractivity contribution < 1.29 is 18.3 Å². The minimum atomic E-state index is -2.97. The molecule has 0 saturated heterocycles. The lowest BCUT2D eigenvalue weighted by Crippen LogP contribution is -2.09. The largest absolute Gasteiger partial charge is 0.434 e. The van der Waals surface area contributed by atoms with Crippen molar-refractivity contribution >= 4 is 5.78 Å². The summed E-state index contributed by atoms with van der Waals surface area (Å²) < 4.78 is 29.1. The van der Waals surface area contributed by atoms with Crippen molar-refractivity contribution in [2.24, 2.45) is 0 Å². The van der Waals surface area contributed by atoms with Crippen LogP contribution in [0.2, 0.25) is 0 Å². The Morgan fingerprint density at radius 2 is 2.11 bits per heavy atom. The first-order valence-electron chi connectivity index (χ1n) is 5.58. The molecule has 1 aromatic heterocycles. The van der Waals surface area contributed by atoms with Crippen LogP contribution in [0.1, 0.15) is 21.5 Å². The van der Waals surface area contributed by atoms with Gasteiger partial charge in [-0.05, 0) is 36.8 Å². The van der Waals surface area contributed by atoms with Gasteiger partial charge in [0.15, 0.2) is 5.78 Å². The highest BCUT2D eigenvalue weighted by atomic mass is 19.3. The predicted molar refractivity (Wildman–Crippen MR) is 65.5 cm³/mol. The van der Waals surface area contributed by atoms with E-state index in [2.05, 4.69) is 9.72 Å². The van der Waals surface area contributed by atoms with E-state index < -0.39 is 12.4 Å². The van der Waals surface area contributed by atoms with Crippen LogP contribution in [-0.2, 0) is 0 Å². The van der Waals surface area contributed by atoms with E-state index in [9.17, 15) is 13.6 Å². The number of hydrogen-bond acceptors (Lipinski definition) is 3.